The number of aliphatic hydroxyl groups excluding tert-OH is 1. The van der Waals surface area contributed by atoms with E-state index in [9.17, 15) is 24.3 Å². The lowest BCUT2D eigenvalue weighted by molar-refractivity contribution is -0.279. The molecule has 0 aromatic carbocycles. The number of aliphatic hydroxyl groups is 1. The van der Waals surface area contributed by atoms with Gasteiger partial charge in [0.05, 0.1) is 39.6 Å². The lowest BCUT2D eigenvalue weighted by atomic mass is 9.96. The molecular weight excluding hydrogens is 522 g/mol. The Hall–Kier alpha value is -2.36. The van der Waals surface area contributed by atoms with Crippen molar-refractivity contribution in [3.05, 3.63) is 0 Å². The van der Waals surface area contributed by atoms with Gasteiger partial charge in [-0.05, 0) is 0 Å². The Morgan fingerprint density at radius 3 is 1.87 bits per heavy atom. The Bertz CT molecular complexity index is 784. The molecule has 0 aliphatic carbocycles. The Balaban J connectivity index is 2.68. The third-order valence-corrected chi connectivity index (χ3v) is 5.20. The van der Waals surface area contributed by atoms with Crippen LogP contribution in [0.15, 0.2) is 0 Å². The average molecular weight is 566 g/mol. The highest BCUT2D eigenvalue weighted by Crippen LogP contribution is 2.28. The largest absolute Gasteiger partial charge is 0.463 e. The van der Waals surface area contributed by atoms with E-state index in [0.29, 0.717) is 0 Å². The van der Waals surface area contributed by atoms with E-state index in [-0.39, 0.29) is 51.7 Å². The average Bonchev–Trinajstić information content (AvgIpc) is 2.80. The fourth-order valence-corrected chi connectivity index (χ4v) is 3.45. The van der Waals surface area contributed by atoms with Gasteiger partial charge in [-0.15, -0.1) is 0 Å². The van der Waals surface area contributed by atoms with Crippen LogP contribution in [0.1, 0.15) is 48.5 Å². The van der Waals surface area contributed by atoms with E-state index >= 15 is 0 Å². The van der Waals surface area contributed by atoms with Crippen LogP contribution in [0, 0.1) is 5.41 Å². The molecule has 226 valence electrons. The van der Waals surface area contributed by atoms with Gasteiger partial charge in [0.15, 0.2) is 24.8 Å². The number of carbonyl (C=O) groups excluding carboxylic acids is 4. The number of hydrogen-bond donors (Lipinski definition) is 2. The molecular formula is C25H43NO13. The SMILES string of the molecule is CC(=O)NC1C(OCCOCCOCCOC(O)C(C)(C)C)OC(COC(C)=O)C(OC(C)=O)C1OC(C)=O. The third kappa shape index (κ3) is 14.0. The van der Waals surface area contributed by atoms with Gasteiger partial charge >= 0.3 is 17.9 Å². The first-order chi connectivity index (χ1) is 18.2. The first-order valence-corrected chi connectivity index (χ1v) is 12.7. The number of rotatable bonds is 16. The molecule has 2 N–H and O–H groups in total. The van der Waals surface area contributed by atoms with Crippen molar-refractivity contribution in [2.24, 2.45) is 5.41 Å². The van der Waals surface area contributed by atoms with Crippen molar-refractivity contribution in [3.8, 4) is 0 Å². The molecule has 14 heteroatoms. The fourth-order valence-electron chi connectivity index (χ4n) is 3.45. The summed E-state index contributed by atoms with van der Waals surface area (Å²) in [4.78, 5) is 46.9. The van der Waals surface area contributed by atoms with Gasteiger partial charge in [0, 0.05) is 33.1 Å². The quantitative estimate of drug-likeness (QED) is 0.111. The van der Waals surface area contributed by atoms with E-state index in [4.69, 9.17) is 37.9 Å². The zero-order valence-electron chi connectivity index (χ0n) is 23.8. The summed E-state index contributed by atoms with van der Waals surface area (Å²) < 4.78 is 43.6. The predicted octanol–water partition coefficient (Wildman–Crippen LogP) is 0.0734. The molecule has 1 rings (SSSR count). The van der Waals surface area contributed by atoms with Crippen molar-refractivity contribution in [1.82, 2.24) is 5.32 Å². The Morgan fingerprint density at radius 2 is 1.36 bits per heavy atom. The maximum absolute atomic E-state index is 11.9. The highest BCUT2D eigenvalue weighted by molar-refractivity contribution is 5.73. The van der Waals surface area contributed by atoms with E-state index in [0.717, 1.165) is 13.8 Å². The van der Waals surface area contributed by atoms with Crippen LogP contribution in [0.2, 0.25) is 0 Å². The molecule has 6 atom stereocenters. The van der Waals surface area contributed by atoms with Crippen molar-refractivity contribution < 1.29 is 62.2 Å². The van der Waals surface area contributed by atoms with Gasteiger partial charge in [0.1, 0.15) is 18.8 Å². The van der Waals surface area contributed by atoms with Gasteiger partial charge in [0.2, 0.25) is 5.91 Å². The lowest BCUT2D eigenvalue weighted by Gasteiger charge is -2.44. The van der Waals surface area contributed by atoms with Gasteiger partial charge in [0.25, 0.3) is 0 Å². The van der Waals surface area contributed by atoms with E-state index in [1.165, 1.54) is 13.8 Å². The maximum atomic E-state index is 11.9. The van der Waals surface area contributed by atoms with Crippen molar-refractivity contribution in [2.75, 3.05) is 46.2 Å². The van der Waals surface area contributed by atoms with Crippen LogP contribution in [0.3, 0.4) is 0 Å². The second-order valence-corrected chi connectivity index (χ2v) is 9.90. The number of nitrogens with one attached hydrogen (secondary N) is 1. The molecule has 1 fully saturated rings. The normalized spacial score (nSPS) is 23.9. The molecule has 1 aliphatic rings. The topological polar surface area (TPSA) is 174 Å². The van der Waals surface area contributed by atoms with Crippen LogP contribution >= 0.6 is 0 Å². The van der Waals surface area contributed by atoms with Crippen LogP contribution in [0.4, 0.5) is 0 Å². The summed E-state index contributed by atoms with van der Waals surface area (Å²) in [6.45, 7) is 11.3. The highest BCUT2D eigenvalue weighted by Gasteiger charge is 2.51. The number of hydrogen-bond acceptors (Lipinski definition) is 13. The molecule has 0 bridgehead atoms. The summed E-state index contributed by atoms with van der Waals surface area (Å²) in [5.74, 6) is -2.46. The molecule has 0 radical (unpaired) electrons. The number of ether oxygens (including phenoxy) is 8. The van der Waals surface area contributed by atoms with Crippen molar-refractivity contribution in [1.29, 1.82) is 0 Å². The minimum Gasteiger partial charge on any atom is -0.463 e. The van der Waals surface area contributed by atoms with Gasteiger partial charge in [-0.3, -0.25) is 19.2 Å². The Labute approximate surface area is 228 Å². The number of esters is 3. The second-order valence-electron chi connectivity index (χ2n) is 9.90. The van der Waals surface area contributed by atoms with Crippen molar-refractivity contribution in [3.63, 3.8) is 0 Å². The first kappa shape index (κ1) is 34.7. The van der Waals surface area contributed by atoms with Crippen LogP contribution < -0.4 is 5.32 Å². The summed E-state index contributed by atoms with van der Waals surface area (Å²) in [7, 11) is 0. The molecule has 14 nitrogen and oxygen atoms in total. The van der Waals surface area contributed by atoms with Crippen LogP contribution in [0.5, 0.6) is 0 Å². The van der Waals surface area contributed by atoms with E-state index in [2.05, 4.69) is 5.32 Å². The molecule has 39 heavy (non-hydrogen) atoms. The van der Waals surface area contributed by atoms with Crippen LogP contribution in [0.25, 0.3) is 0 Å². The number of amides is 1. The van der Waals surface area contributed by atoms with Gasteiger partial charge < -0.3 is 48.3 Å². The summed E-state index contributed by atoms with van der Waals surface area (Å²) in [6.07, 6.45) is -5.48. The minimum atomic E-state index is -1.19. The van der Waals surface area contributed by atoms with Crippen molar-refractivity contribution >= 4 is 23.8 Å². The third-order valence-electron chi connectivity index (χ3n) is 5.20. The summed E-state index contributed by atoms with van der Waals surface area (Å²) in [6, 6.07) is -1.05. The smallest absolute Gasteiger partial charge is 0.303 e. The molecule has 1 saturated heterocycles. The standard InChI is InChI=1S/C25H43NO13/c1-15(27)26-20-22(38-18(4)30)21(37-17(3)29)19(14-36-16(2)28)39-23(20)34-12-10-32-8-9-33-11-13-35-24(31)25(5,6)7/h19-24,31H,8-14H2,1-7H3,(H,26,27). The monoisotopic (exact) mass is 565 g/mol. The predicted molar refractivity (Wildman–Crippen MR) is 133 cm³/mol. The van der Waals surface area contributed by atoms with E-state index < -0.39 is 60.7 Å². The van der Waals surface area contributed by atoms with Crippen LogP contribution in [-0.4, -0.2) is 112 Å². The van der Waals surface area contributed by atoms with Crippen LogP contribution in [-0.2, 0) is 57.1 Å². The number of carbonyl (C=O) groups is 4. The maximum Gasteiger partial charge on any atom is 0.303 e. The summed E-state index contributed by atoms with van der Waals surface area (Å²) >= 11 is 0. The molecule has 1 amide bonds. The fraction of sp³-hybridized carbons (Fsp3) is 0.840. The Morgan fingerprint density at radius 1 is 0.821 bits per heavy atom. The van der Waals surface area contributed by atoms with Gasteiger partial charge in [-0.2, -0.15) is 0 Å². The molecule has 1 aliphatic heterocycles. The molecule has 0 aromatic rings. The zero-order chi connectivity index (χ0) is 29.6. The first-order valence-electron chi connectivity index (χ1n) is 12.7. The zero-order valence-corrected chi connectivity index (χ0v) is 23.8. The molecule has 6 unspecified atom stereocenters. The highest BCUT2D eigenvalue weighted by atomic mass is 16.7. The molecule has 0 aromatic heterocycles. The lowest BCUT2D eigenvalue weighted by Crippen LogP contribution is -2.66. The van der Waals surface area contributed by atoms with Crippen molar-refractivity contribution in [2.45, 2.75) is 85.4 Å². The molecule has 0 saturated carbocycles. The van der Waals surface area contributed by atoms with Gasteiger partial charge in [-0.1, -0.05) is 20.8 Å². The summed E-state index contributed by atoms with van der Waals surface area (Å²) in [5.41, 5.74) is -0.385. The van der Waals surface area contributed by atoms with Gasteiger partial charge in [-0.25, -0.2) is 0 Å². The molecule has 0 spiro atoms. The summed E-state index contributed by atoms with van der Waals surface area (Å²) in [5, 5.41) is 12.4. The van der Waals surface area contributed by atoms with E-state index in [1.807, 2.05) is 20.8 Å². The minimum absolute atomic E-state index is 0.0208. The Kier molecular flexibility index (Phi) is 15.4. The van der Waals surface area contributed by atoms with E-state index in [1.54, 1.807) is 0 Å². The second kappa shape index (κ2) is 17.4. The molecule has 1 heterocycles.